The Balaban J connectivity index is 1.75. The molecular formula is C14H23BO2. The van der Waals surface area contributed by atoms with Gasteiger partial charge in [0.2, 0.25) is 0 Å². The Morgan fingerprint density at radius 3 is 1.71 bits per heavy atom. The second kappa shape index (κ2) is 3.61. The van der Waals surface area contributed by atoms with E-state index in [-0.39, 0.29) is 18.3 Å². The monoisotopic (exact) mass is 234 g/mol. The summed E-state index contributed by atoms with van der Waals surface area (Å²) in [5, 5.41) is 0. The van der Waals surface area contributed by atoms with E-state index in [4.69, 9.17) is 9.31 Å². The molecule has 17 heavy (non-hydrogen) atoms. The zero-order chi connectivity index (χ0) is 12.3. The van der Waals surface area contributed by atoms with E-state index >= 15 is 0 Å². The Morgan fingerprint density at radius 2 is 1.35 bits per heavy atom. The van der Waals surface area contributed by atoms with Gasteiger partial charge in [0, 0.05) is 0 Å². The molecule has 3 fully saturated rings. The molecule has 3 aliphatic rings. The highest BCUT2D eigenvalue weighted by Gasteiger charge is 2.51. The summed E-state index contributed by atoms with van der Waals surface area (Å²) in [4.78, 5) is 0. The number of hydrogen-bond acceptors (Lipinski definition) is 2. The van der Waals surface area contributed by atoms with Crippen LogP contribution in [-0.4, -0.2) is 18.3 Å². The third kappa shape index (κ3) is 2.20. The van der Waals surface area contributed by atoms with Crippen molar-refractivity contribution >= 4 is 7.12 Å². The molecule has 2 nitrogen and oxygen atoms in total. The minimum absolute atomic E-state index is 0.129. The van der Waals surface area contributed by atoms with Gasteiger partial charge in [-0.05, 0) is 65.2 Å². The fraction of sp³-hybridized carbons (Fsp3) is 0.857. The highest BCUT2D eigenvalue weighted by molar-refractivity contribution is 6.51. The third-order valence-corrected chi connectivity index (χ3v) is 4.70. The van der Waals surface area contributed by atoms with Gasteiger partial charge in [0.25, 0.3) is 0 Å². The summed E-state index contributed by atoms with van der Waals surface area (Å²) in [6.07, 6.45) is 5.51. The van der Waals surface area contributed by atoms with Crippen LogP contribution in [0, 0.1) is 11.8 Å². The van der Waals surface area contributed by atoms with E-state index < -0.39 is 0 Å². The first-order chi connectivity index (χ1) is 7.89. The van der Waals surface area contributed by atoms with Crippen LogP contribution in [0.3, 0.4) is 0 Å². The van der Waals surface area contributed by atoms with Crippen LogP contribution in [0.4, 0.5) is 0 Å². The standard InChI is InChI=1S/C14H23BO2/c1-13(2)14(3,4)17-15(16-13)9-12(10-5-6-10)11-7-8-11/h9-11H,5-8H2,1-4H3. The van der Waals surface area contributed by atoms with E-state index in [1.807, 2.05) is 0 Å². The van der Waals surface area contributed by atoms with Crippen molar-refractivity contribution in [3.05, 3.63) is 11.5 Å². The molecule has 0 amide bonds. The molecule has 0 aromatic rings. The lowest BCUT2D eigenvalue weighted by atomic mass is 9.84. The zero-order valence-corrected chi connectivity index (χ0v) is 11.5. The fourth-order valence-corrected chi connectivity index (χ4v) is 2.55. The summed E-state index contributed by atoms with van der Waals surface area (Å²) in [6.45, 7) is 8.48. The van der Waals surface area contributed by atoms with Crippen LogP contribution < -0.4 is 0 Å². The topological polar surface area (TPSA) is 18.5 Å². The molecule has 0 spiro atoms. The highest BCUT2D eigenvalue weighted by Crippen LogP contribution is 2.49. The Kier molecular flexibility index (Phi) is 2.51. The largest absolute Gasteiger partial charge is 0.487 e. The van der Waals surface area contributed by atoms with Gasteiger partial charge in [-0.25, -0.2) is 0 Å². The first-order valence-corrected chi connectivity index (χ1v) is 6.96. The molecule has 1 heterocycles. The lowest BCUT2D eigenvalue weighted by Crippen LogP contribution is -2.41. The summed E-state index contributed by atoms with van der Waals surface area (Å²) in [6, 6.07) is 0. The lowest BCUT2D eigenvalue weighted by molar-refractivity contribution is 0.00578. The Bertz CT molecular complexity index is 321. The van der Waals surface area contributed by atoms with Gasteiger partial charge in [0.05, 0.1) is 11.2 Å². The first kappa shape index (κ1) is 11.8. The molecule has 2 saturated carbocycles. The SMILES string of the molecule is CC1(C)OB(C=C(C2CC2)C2CC2)OC1(C)C. The molecule has 3 rings (SSSR count). The average molecular weight is 234 g/mol. The molecule has 94 valence electrons. The summed E-state index contributed by atoms with van der Waals surface area (Å²) in [5.41, 5.74) is 1.22. The van der Waals surface area contributed by atoms with Crippen LogP contribution >= 0.6 is 0 Å². The third-order valence-electron chi connectivity index (χ3n) is 4.70. The van der Waals surface area contributed by atoms with Crippen LogP contribution in [0.1, 0.15) is 53.4 Å². The molecule has 0 N–H and O–H groups in total. The predicted octanol–water partition coefficient (Wildman–Crippen LogP) is 3.36. The molecule has 0 atom stereocenters. The highest BCUT2D eigenvalue weighted by atomic mass is 16.7. The molecule has 0 unspecified atom stereocenters. The van der Waals surface area contributed by atoms with Crippen LogP contribution in [-0.2, 0) is 9.31 Å². The van der Waals surface area contributed by atoms with Crippen molar-refractivity contribution in [3.63, 3.8) is 0 Å². The normalized spacial score (nSPS) is 30.5. The second-order valence-electron chi connectivity index (χ2n) is 6.84. The number of allylic oxidation sites excluding steroid dienone is 1. The second-order valence-corrected chi connectivity index (χ2v) is 6.84. The van der Waals surface area contributed by atoms with E-state index in [1.54, 1.807) is 5.57 Å². The van der Waals surface area contributed by atoms with Gasteiger partial charge in [0.1, 0.15) is 0 Å². The maximum atomic E-state index is 6.05. The van der Waals surface area contributed by atoms with Crippen LogP contribution in [0.5, 0.6) is 0 Å². The smallest absolute Gasteiger partial charge is 0.400 e. The molecule has 0 aromatic carbocycles. The van der Waals surface area contributed by atoms with E-state index in [0.717, 1.165) is 11.8 Å². The van der Waals surface area contributed by atoms with Gasteiger partial charge in [-0.3, -0.25) is 0 Å². The summed E-state index contributed by atoms with van der Waals surface area (Å²) in [5.74, 6) is 3.98. The molecule has 0 aromatic heterocycles. The van der Waals surface area contributed by atoms with E-state index in [2.05, 4.69) is 33.7 Å². The van der Waals surface area contributed by atoms with Gasteiger partial charge >= 0.3 is 7.12 Å². The Hall–Kier alpha value is -0.275. The van der Waals surface area contributed by atoms with E-state index in [0.29, 0.717) is 0 Å². The Labute approximate surface area is 105 Å². The maximum Gasteiger partial charge on any atom is 0.487 e. The molecule has 0 bridgehead atoms. The van der Waals surface area contributed by atoms with Crippen LogP contribution in [0.15, 0.2) is 11.5 Å². The van der Waals surface area contributed by atoms with Crippen molar-refractivity contribution < 1.29 is 9.31 Å². The molecule has 1 saturated heterocycles. The molecular weight excluding hydrogens is 211 g/mol. The summed E-state index contributed by atoms with van der Waals surface area (Å²) >= 11 is 0. The van der Waals surface area contributed by atoms with Gasteiger partial charge in [-0.15, -0.1) is 0 Å². The van der Waals surface area contributed by atoms with Crippen molar-refractivity contribution in [3.8, 4) is 0 Å². The van der Waals surface area contributed by atoms with Gasteiger partial charge in [-0.1, -0.05) is 11.5 Å². The van der Waals surface area contributed by atoms with Crippen LogP contribution in [0.25, 0.3) is 0 Å². The van der Waals surface area contributed by atoms with Gasteiger partial charge in [0.15, 0.2) is 0 Å². The quantitative estimate of drug-likeness (QED) is 0.697. The lowest BCUT2D eigenvalue weighted by Gasteiger charge is -2.32. The summed E-state index contributed by atoms with van der Waals surface area (Å²) in [7, 11) is -0.129. The fourth-order valence-electron chi connectivity index (χ4n) is 2.55. The van der Waals surface area contributed by atoms with Gasteiger partial charge in [-0.2, -0.15) is 0 Å². The zero-order valence-electron chi connectivity index (χ0n) is 11.5. The average Bonchev–Trinajstić information content (AvgIpc) is 3.06. The van der Waals surface area contributed by atoms with Crippen molar-refractivity contribution in [2.45, 2.75) is 64.6 Å². The molecule has 1 aliphatic heterocycles. The number of hydrogen-bond donors (Lipinski definition) is 0. The molecule has 0 radical (unpaired) electrons. The van der Waals surface area contributed by atoms with Crippen molar-refractivity contribution in [1.82, 2.24) is 0 Å². The molecule has 3 heteroatoms. The number of rotatable bonds is 3. The van der Waals surface area contributed by atoms with Crippen LogP contribution in [0.2, 0.25) is 0 Å². The first-order valence-electron chi connectivity index (χ1n) is 6.96. The van der Waals surface area contributed by atoms with Crippen molar-refractivity contribution in [1.29, 1.82) is 0 Å². The minimum Gasteiger partial charge on any atom is -0.400 e. The summed E-state index contributed by atoms with van der Waals surface area (Å²) < 4.78 is 12.1. The van der Waals surface area contributed by atoms with E-state index in [1.165, 1.54) is 25.7 Å². The van der Waals surface area contributed by atoms with Crippen molar-refractivity contribution in [2.24, 2.45) is 11.8 Å². The Morgan fingerprint density at radius 1 is 0.941 bits per heavy atom. The van der Waals surface area contributed by atoms with Crippen molar-refractivity contribution in [2.75, 3.05) is 0 Å². The van der Waals surface area contributed by atoms with E-state index in [9.17, 15) is 0 Å². The molecule has 2 aliphatic carbocycles. The minimum atomic E-state index is -0.202. The maximum absolute atomic E-state index is 6.05. The predicted molar refractivity (Wildman–Crippen MR) is 69.6 cm³/mol. The van der Waals surface area contributed by atoms with Gasteiger partial charge < -0.3 is 9.31 Å².